The van der Waals surface area contributed by atoms with Crippen molar-refractivity contribution >= 4 is 11.6 Å². The van der Waals surface area contributed by atoms with E-state index in [1.54, 1.807) is 0 Å². The van der Waals surface area contributed by atoms with Crippen LogP contribution in [-0.4, -0.2) is 0 Å². The van der Waals surface area contributed by atoms with Gasteiger partial charge in [0.25, 0.3) is 0 Å². The largest absolute Gasteiger partial charge is 0.219 e. The van der Waals surface area contributed by atoms with Gasteiger partial charge in [-0.15, -0.1) is 0 Å². The summed E-state index contributed by atoms with van der Waals surface area (Å²) in [4.78, 5) is 0. The van der Waals surface area contributed by atoms with Gasteiger partial charge >= 0.3 is 0 Å². The topological polar surface area (TPSA) is 3.88 Å². The van der Waals surface area contributed by atoms with Gasteiger partial charge in [-0.25, -0.2) is 0 Å². The molecule has 0 radical (unpaired) electrons. The SMILES string of the molecule is Clc1ccc(-[n+]2c(-c3ccccc3)cc(-c3ccccc3)c3c2CCCC3)cc1. The van der Waals surface area contributed by atoms with Crippen LogP contribution in [0.1, 0.15) is 24.1 Å². The molecule has 1 aliphatic rings. The van der Waals surface area contributed by atoms with Crippen LogP contribution >= 0.6 is 11.6 Å². The number of aromatic nitrogens is 1. The van der Waals surface area contributed by atoms with Crippen LogP contribution < -0.4 is 4.57 Å². The van der Waals surface area contributed by atoms with Crippen molar-refractivity contribution < 1.29 is 4.57 Å². The highest BCUT2D eigenvalue weighted by atomic mass is 35.5. The van der Waals surface area contributed by atoms with E-state index in [1.165, 1.54) is 52.2 Å². The summed E-state index contributed by atoms with van der Waals surface area (Å²) in [5, 5.41) is 0.769. The van der Waals surface area contributed by atoms with Gasteiger partial charge in [-0.05, 0) is 54.7 Å². The molecule has 4 aromatic rings. The van der Waals surface area contributed by atoms with Gasteiger partial charge in [0, 0.05) is 40.8 Å². The van der Waals surface area contributed by atoms with Gasteiger partial charge in [-0.3, -0.25) is 0 Å². The zero-order valence-electron chi connectivity index (χ0n) is 16.3. The molecule has 5 rings (SSSR count). The lowest BCUT2D eigenvalue weighted by Crippen LogP contribution is -2.41. The predicted molar refractivity (Wildman–Crippen MR) is 120 cm³/mol. The Morgan fingerprint density at radius 1 is 0.655 bits per heavy atom. The quantitative estimate of drug-likeness (QED) is 0.334. The van der Waals surface area contributed by atoms with E-state index in [0.29, 0.717) is 0 Å². The molecule has 0 unspecified atom stereocenters. The molecule has 0 N–H and O–H groups in total. The Hall–Kier alpha value is -2.90. The number of halogens is 1. The van der Waals surface area contributed by atoms with Gasteiger partial charge in [0.1, 0.15) is 0 Å². The van der Waals surface area contributed by atoms with Gasteiger partial charge < -0.3 is 0 Å². The first-order valence-electron chi connectivity index (χ1n) is 10.3. The van der Waals surface area contributed by atoms with Gasteiger partial charge in [0.2, 0.25) is 11.4 Å². The molecule has 29 heavy (non-hydrogen) atoms. The van der Waals surface area contributed by atoms with Crippen molar-refractivity contribution in [1.82, 2.24) is 0 Å². The van der Waals surface area contributed by atoms with E-state index in [2.05, 4.69) is 83.4 Å². The minimum atomic E-state index is 0.769. The van der Waals surface area contributed by atoms with E-state index in [1.807, 2.05) is 12.1 Å². The van der Waals surface area contributed by atoms with Gasteiger partial charge in [0.05, 0.1) is 0 Å². The Morgan fingerprint density at radius 2 is 1.28 bits per heavy atom. The lowest BCUT2D eigenvalue weighted by atomic mass is 9.87. The molecule has 142 valence electrons. The monoisotopic (exact) mass is 396 g/mol. The zero-order valence-corrected chi connectivity index (χ0v) is 17.1. The number of benzene rings is 3. The normalized spacial score (nSPS) is 13.1. The summed E-state index contributed by atoms with van der Waals surface area (Å²) in [5.41, 5.74) is 9.21. The Kier molecular flexibility index (Phi) is 4.91. The first-order chi connectivity index (χ1) is 14.3. The smallest absolute Gasteiger partial charge is 0.157 e. The molecule has 0 fully saturated rings. The van der Waals surface area contributed by atoms with E-state index >= 15 is 0 Å². The molecule has 0 aliphatic heterocycles. The molecule has 0 spiro atoms. The third-order valence-corrected chi connectivity index (χ3v) is 6.05. The summed E-state index contributed by atoms with van der Waals surface area (Å²) in [6, 6.07) is 32.1. The first kappa shape index (κ1) is 18.1. The molecular formula is C27H23ClN+. The Morgan fingerprint density at radius 3 is 1.97 bits per heavy atom. The summed E-state index contributed by atoms with van der Waals surface area (Å²) < 4.78 is 2.45. The van der Waals surface area contributed by atoms with Gasteiger partial charge in [0.15, 0.2) is 5.69 Å². The van der Waals surface area contributed by atoms with Crippen molar-refractivity contribution in [2.24, 2.45) is 0 Å². The van der Waals surface area contributed by atoms with E-state index in [0.717, 1.165) is 17.9 Å². The summed E-state index contributed by atoms with van der Waals surface area (Å²) in [6.45, 7) is 0. The van der Waals surface area contributed by atoms with Crippen LogP contribution in [0.25, 0.3) is 28.1 Å². The fourth-order valence-electron chi connectivity index (χ4n) is 4.44. The molecule has 1 nitrogen and oxygen atoms in total. The zero-order chi connectivity index (χ0) is 19.6. The first-order valence-corrected chi connectivity index (χ1v) is 10.7. The van der Waals surface area contributed by atoms with Gasteiger partial charge in [-0.1, -0.05) is 60.1 Å². The van der Waals surface area contributed by atoms with E-state index < -0.39 is 0 Å². The van der Waals surface area contributed by atoms with E-state index in [-0.39, 0.29) is 0 Å². The second-order valence-corrected chi connectivity index (χ2v) is 8.06. The van der Waals surface area contributed by atoms with Crippen molar-refractivity contribution in [2.45, 2.75) is 25.7 Å². The molecule has 1 heterocycles. The number of pyridine rings is 1. The summed E-state index contributed by atoms with van der Waals surface area (Å²) in [5.74, 6) is 0. The highest BCUT2D eigenvalue weighted by molar-refractivity contribution is 6.30. The molecular weight excluding hydrogens is 374 g/mol. The Labute approximate surface area is 177 Å². The summed E-state index contributed by atoms with van der Waals surface area (Å²) in [6.07, 6.45) is 4.70. The van der Waals surface area contributed by atoms with Crippen LogP contribution in [0.3, 0.4) is 0 Å². The highest BCUT2D eigenvalue weighted by Crippen LogP contribution is 2.34. The molecule has 0 amide bonds. The van der Waals surface area contributed by atoms with Crippen molar-refractivity contribution in [1.29, 1.82) is 0 Å². The van der Waals surface area contributed by atoms with Gasteiger partial charge in [-0.2, -0.15) is 4.57 Å². The van der Waals surface area contributed by atoms with Crippen molar-refractivity contribution in [3.63, 3.8) is 0 Å². The third kappa shape index (κ3) is 3.47. The Balaban J connectivity index is 1.85. The van der Waals surface area contributed by atoms with E-state index in [9.17, 15) is 0 Å². The number of hydrogen-bond acceptors (Lipinski definition) is 0. The van der Waals surface area contributed by atoms with Crippen LogP contribution in [0.2, 0.25) is 5.02 Å². The molecule has 1 aliphatic carbocycles. The third-order valence-electron chi connectivity index (χ3n) is 5.79. The maximum Gasteiger partial charge on any atom is 0.219 e. The van der Waals surface area contributed by atoms with Crippen LogP contribution in [0, 0.1) is 0 Å². The van der Waals surface area contributed by atoms with Crippen molar-refractivity contribution in [3.05, 3.63) is 107 Å². The number of rotatable bonds is 3. The summed E-state index contributed by atoms with van der Waals surface area (Å²) >= 11 is 6.20. The number of hydrogen-bond donors (Lipinski definition) is 0. The fraction of sp³-hybridized carbons (Fsp3) is 0.148. The maximum atomic E-state index is 6.20. The molecule has 0 saturated carbocycles. The second kappa shape index (κ2) is 7.85. The Bertz CT molecular complexity index is 1130. The van der Waals surface area contributed by atoms with Crippen LogP contribution in [-0.2, 0) is 12.8 Å². The highest BCUT2D eigenvalue weighted by Gasteiger charge is 2.29. The molecule has 0 bridgehead atoms. The standard InChI is InChI=1S/C27H23ClN/c28-22-15-17-23(18-16-22)29-26-14-8-7-13-24(26)25(20-9-3-1-4-10-20)19-27(29)21-11-5-2-6-12-21/h1-6,9-12,15-19H,7-8,13-14H2/q+1. The average molecular weight is 397 g/mol. The second-order valence-electron chi connectivity index (χ2n) is 7.62. The van der Waals surface area contributed by atoms with Crippen molar-refractivity contribution in [2.75, 3.05) is 0 Å². The molecule has 3 aromatic carbocycles. The molecule has 1 aromatic heterocycles. The molecule has 0 saturated heterocycles. The number of nitrogens with zero attached hydrogens (tertiary/aromatic N) is 1. The summed E-state index contributed by atoms with van der Waals surface area (Å²) in [7, 11) is 0. The van der Waals surface area contributed by atoms with E-state index in [4.69, 9.17) is 11.6 Å². The fourth-order valence-corrected chi connectivity index (χ4v) is 4.57. The molecule has 0 atom stereocenters. The lowest BCUT2D eigenvalue weighted by molar-refractivity contribution is -0.593. The lowest BCUT2D eigenvalue weighted by Gasteiger charge is -2.20. The minimum absolute atomic E-state index is 0.769. The van der Waals surface area contributed by atoms with Crippen molar-refractivity contribution in [3.8, 4) is 28.1 Å². The minimum Gasteiger partial charge on any atom is -0.157 e. The van der Waals surface area contributed by atoms with Crippen LogP contribution in [0.4, 0.5) is 0 Å². The molecule has 2 heteroatoms. The maximum absolute atomic E-state index is 6.20. The van der Waals surface area contributed by atoms with Crippen LogP contribution in [0.5, 0.6) is 0 Å². The average Bonchev–Trinajstić information content (AvgIpc) is 2.80. The predicted octanol–water partition coefficient (Wildman–Crippen LogP) is 6.83. The number of fused-ring (bicyclic) bond motifs is 1. The van der Waals surface area contributed by atoms with Crippen LogP contribution in [0.15, 0.2) is 91.0 Å².